The molecular formula is C18H19BrN4O2S. The van der Waals surface area contributed by atoms with Gasteiger partial charge >= 0.3 is 0 Å². The maximum Gasteiger partial charge on any atom is 0.262 e. The van der Waals surface area contributed by atoms with Crippen LogP contribution in [0.3, 0.4) is 0 Å². The van der Waals surface area contributed by atoms with E-state index in [2.05, 4.69) is 37.1 Å². The maximum absolute atomic E-state index is 11.9. The van der Waals surface area contributed by atoms with Crippen LogP contribution < -0.4 is 20.8 Å². The summed E-state index contributed by atoms with van der Waals surface area (Å²) in [7, 11) is 0. The molecule has 0 aliphatic carbocycles. The van der Waals surface area contributed by atoms with E-state index in [0.717, 1.165) is 22.3 Å². The number of para-hydroxylation sites is 1. The van der Waals surface area contributed by atoms with E-state index >= 15 is 0 Å². The number of ether oxygens (including phenoxy) is 1. The van der Waals surface area contributed by atoms with Crippen LogP contribution in [0.25, 0.3) is 0 Å². The first-order valence-corrected chi connectivity index (χ1v) is 9.12. The Morgan fingerprint density at radius 2 is 2.04 bits per heavy atom. The van der Waals surface area contributed by atoms with Gasteiger partial charge in [-0.05, 0) is 71.0 Å². The third-order valence-corrected chi connectivity index (χ3v) is 3.94. The van der Waals surface area contributed by atoms with Crippen molar-refractivity contribution < 1.29 is 9.53 Å². The van der Waals surface area contributed by atoms with E-state index in [-0.39, 0.29) is 12.5 Å². The molecule has 0 unspecified atom stereocenters. The van der Waals surface area contributed by atoms with Gasteiger partial charge in [0.05, 0.1) is 10.7 Å². The van der Waals surface area contributed by atoms with E-state index in [9.17, 15) is 4.79 Å². The fraction of sp³-hybridized carbons (Fsp3) is 0.167. The molecule has 0 aliphatic rings. The lowest BCUT2D eigenvalue weighted by molar-refractivity contribution is -0.118. The highest BCUT2D eigenvalue weighted by Gasteiger charge is 2.06. The third kappa shape index (κ3) is 6.81. The quantitative estimate of drug-likeness (QED) is 0.354. The molecule has 6 nitrogen and oxygen atoms in total. The number of halogens is 1. The minimum atomic E-state index is -0.227. The molecule has 3 N–H and O–H groups in total. The Morgan fingerprint density at radius 1 is 1.27 bits per heavy atom. The van der Waals surface area contributed by atoms with Crippen molar-refractivity contribution in [1.82, 2.24) is 10.7 Å². The standard InChI is InChI=1S/C18H19BrN4O2S/c1-2-20-18(26)23-21-11-13-8-9-16(15(19)10-13)25-12-17(24)22-14-6-4-3-5-7-14/h3-11H,2,12H2,1H3,(H,22,24)(H2,20,23,26). The molecule has 26 heavy (non-hydrogen) atoms. The van der Waals surface area contributed by atoms with E-state index in [1.165, 1.54) is 0 Å². The first-order valence-electron chi connectivity index (χ1n) is 7.92. The van der Waals surface area contributed by atoms with Crippen molar-refractivity contribution in [2.45, 2.75) is 6.92 Å². The number of carbonyl (C=O) groups excluding carboxylic acids is 1. The first-order chi connectivity index (χ1) is 12.6. The average molecular weight is 435 g/mol. The van der Waals surface area contributed by atoms with Crippen LogP contribution in [-0.4, -0.2) is 30.4 Å². The average Bonchev–Trinajstić information content (AvgIpc) is 2.62. The summed E-state index contributed by atoms with van der Waals surface area (Å²) in [6, 6.07) is 14.7. The second-order valence-electron chi connectivity index (χ2n) is 5.12. The number of hydrogen-bond donors (Lipinski definition) is 3. The molecule has 136 valence electrons. The molecule has 0 radical (unpaired) electrons. The Labute approximate surface area is 166 Å². The third-order valence-electron chi connectivity index (χ3n) is 3.09. The summed E-state index contributed by atoms with van der Waals surface area (Å²) in [4.78, 5) is 11.9. The summed E-state index contributed by atoms with van der Waals surface area (Å²) in [6.07, 6.45) is 1.64. The molecule has 2 aromatic rings. The largest absolute Gasteiger partial charge is 0.483 e. The second kappa shape index (κ2) is 10.5. The van der Waals surface area contributed by atoms with Gasteiger partial charge < -0.3 is 15.4 Å². The van der Waals surface area contributed by atoms with E-state index in [1.54, 1.807) is 12.3 Å². The number of anilines is 1. The number of hydrogen-bond acceptors (Lipinski definition) is 4. The Morgan fingerprint density at radius 3 is 2.73 bits per heavy atom. The predicted octanol–water partition coefficient (Wildman–Crippen LogP) is 3.28. The number of carbonyl (C=O) groups is 1. The SMILES string of the molecule is CCNC(=S)NN=Cc1ccc(OCC(=O)Nc2ccccc2)c(Br)c1. The molecule has 0 spiro atoms. The van der Waals surface area contributed by atoms with E-state index in [0.29, 0.717) is 10.9 Å². The van der Waals surface area contributed by atoms with Gasteiger partial charge in [0.15, 0.2) is 11.7 Å². The molecule has 2 aromatic carbocycles. The highest BCUT2D eigenvalue weighted by atomic mass is 79.9. The van der Waals surface area contributed by atoms with Gasteiger partial charge in [-0.25, -0.2) is 0 Å². The summed E-state index contributed by atoms with van der Waals surface area (Å²) < 4.78 is 6.28. The van der Waals surface area contributed by atoms with Crippen LogP contribution in [0, 0.1) is 0 Å². The number of thiocarbonyl (C=S) groups is 1. The van der Waals surface area contributed by atoms with Crippen LogP contribution in [0.1, 0.15) is 12.5 Å². The molecule has 0 saturated heterocycles. The van der Waals surface area contributed by atoms with Crippen LogP contribution in [0.5, 0.6) is 5.75 Å². The van der Waals surface area contributed by atoms with Gasteiger partial charge in [-0.3, -0.25) is 10.2 Å². The molecule has 8 heteroatoms. The number of amides is 1. The van der Waals surface area contributed by atoms with E-state index in [4.69, 9.17) is 17.0 Å². The van der Waals surface area contributed by atoms with Gasteiger partial charge in [-0.2, -0.15) is 5.10 Å². The van der Waals surface area contributed by atoms with Crippen LogP contribution in [0.15, 0.2) is 58.1 Å². The molecule has 0 aliphatic heterocycles. The van der Waals surface area contributed by atoms with Gasteiger partial charge in [0.2, 0.25) is 0 Å². The maximum atomic E-state index is 11.9. The van der Waals surface area contributed by atoms with Crippen molar-refractivity contribution >= 4 is 51.1 Å². The van der Waals surface area contributed by atoms with Gasteiger partial charge in [-0.15, -0.1) is 0 Å². The topological polar surface area (TPSA) is 74.8 Å². The van der Waals surface area contributed by atoms with Gasteiger partial charge in [-0.1, -0.05) is 18.2 Å². The van der Waals surface area contributed by atoms with Gasteiger partial charge in [0.25, 0.3) is 5.91 Å². The van der Waals surface area contributed by atoms with Crippen LogP contribution >= 0.6 is 28.1 Å². The van der Waals surface area contributed by atoms with Crippen molar-refractivity contribution in [1.29, 1.82) is 0 Å². The Bertz CT molecular complexity index is 784. The number of hydrazone groups is 1. The van der Waals surface area contributed by atoms with Crippen molar-refractivity contribution in [2.75, 3.05) is 18.5 Å². The van der Waals surface area contributed by atoms with Gasteiger partial charge in [0, 0.05) is 12.2 Å². The van der Waals surface area contributed by atoms with Gasteiger partial charge in [0.1, 0.15) is 5.75 Å². The fourth-order valence-corrected chi connectivity index (χ4v) is 2.65. The van der Waals surface area contributed by atoms with Crippen LogP contribution in [0.4, 0.5) is 5.69 Å². The van der Waals surface area contributed by atoms with Crippen molar-refractivity contribution in [2.24, 2.45) is 5.10 Å². The van der Waals surface area contributed by atoms with Crippen LogP contribution in [-0.2, 0) is 4.79 Å². The lowest BCUT2D eigenvalue weighted by Gasteiger charge is -2.09. The lowest BCUT2D eigenvalue weighted by atomic mass is 10.2. The fourth-order valence-electron chi connectivity index (χ4n) is 1.94. The summed E-state index contributed by atoms with van der Waals surface area (Å²) in [5.74, 6) is 0.344. The summed E-state index contributed by atoms with van der Waals surface area (Å²) in [6.45, 7) is 2.60. The molecule has 0 heterocycles. The zero-order valence-corrected chi connectivity index (χ0v) is 16.6. The molecule has 2 rings (SSSR count). The molecule has 1 amide bonds. The molecule has 0 saturated carbocycles. The molecular weight excluding hydrogens is 416 g/mol. The predicted molar refractivity (Wildman–Crippen MR) is 112 cm³/mol. The van der Waals surface area contributed by atoms with Crippen molar-refractivity contribution in [3.63, 3.8) is 0 Å². The molecule has 0 atom stereocenters. The second-order valence-corrected chi connectivity index (χ2v) is 6.38. The number of benzene rings is 2. The molecule has 0 aromatic heterocycles. The highest BCUT2D eigenvalue weighted by molar-refractivity contribution is 9.10. The number of nitrogens with one attached hydrogen (secondary N) is 3. The first kappa shape index (κ1) is 19.9. The summed E-state index contributed by atoms with van der Waals surface area (Å²) >= 11 is 8.45. The van der Waals surface area contributed by atoms with E-state index < -0.39 is 0 Å². The minimum absolute atomic E-state index is 0.0839. The Hall–Kier alpha value is -2.45. The van der Waals surface area contributed by atoms with Crippen molar-refractivity contribution in [3.8, 4) is 5.75 Å². The summed E-state index contributed by atoms with van der Waals surface area (Å²) in [5.41, 5.74) is 4.30. The zero-order valence-electron chi connectivity index (χ0n) is 14.2. The Kier molecular flexibility index (Phi) is 8.04. The zero-order chi connectivity index (χ0) is 18.8. The van der Waals surface area contributed by atoms with Crippen LogP contribution in [0.2, 0.25) is 0 Å². The number of rotatable bonds is 7. The highest BCUT2D eigenvalue weighted by Crippen LogP contribution is 2.25. The Balaban J connectivity index is 1.86. The lowest BCUT2D eigenvalue weighted by Crippen LogP contribution is -2.31. The smallest absolute Gasteiger partial charge is 0.262 e. The monoisotopic (exact) mass is 434 g/mol. The molecule has 0 fully saturated rings. The number of nitrogens with zero attached hydrogens (tertiary/aromatic N) is 1. The summed E-state index contributed by atoms with van der Waals surface area (Å²) in [5, 5.41) is 10.2. The normalized spacial score (nSPS) is 10.4. The van der Waals surface area contributed by atoms with Crippen molar-refractivity contribution in [3.05, 3.63) is 58.6 Å². The minimum Gasteiger partial charge on any atom is -0.483 e. The van der Waals surface area contributed by atoms with E-state index in [1.807, 2.05) is 49.4 Å². The molecule has 0 bridgehead atoms.